The minimum atomic E-state index is -1.88. The van der Waals surface area contributed by atoms with Crippen molar-refractivity contribution in [2.24, 2.45) is 5.92 Å². The zero-order valence-corrected chi connectivity index (χ0v) is 51.4. The van der Waals surface area contributed by atoms with E-state index < -0.39 is 96.0 Å². The Labute approximate surface area is 502 Å². The number of likely N-dealkylation sites (N-methyl/N-ethyl adjacent to an activating group) is 3. The van der Waals surface area contributed by atoms with E-state index in [0.29, 0.717) is 48.4 Å². The van der Waals surface area contributed by atoms with Crippen molar-refractivity contribution in [3.05, 3.63) is 94.1 Å². The van der Waals surface area contributed by atoms with Crippen LogP contribution in [0, 0.1) is 12.8 Å². The first-order valence-corrected chi connectivity index (χ1v) is 28.9. The van der Waals surface area contributed by atoms with E-state index >= 15 is 0 Å². The average Bonchev–Trinajstić information content (AvgIpc) is 1.62. The SMILES string of the molecule is CCC(=O)CCc1cc(COC(=O)N(C)CCN(C)C(=O)OCCC(=O)N(C)[C@@H](C)C(=O)O[C@H]2CC(=O)C(C)c3cc(cc(OC)c3C)C/C(C)=C/C=C/C(OC)C3(O)C[C@H](OC(=O)N3)[C@@H](C)[C@@H]3O[C@@]23C)ccc1NC(=O)OC1/C=C/COCOC1. The minimum Gasteiger partial charge on any atom is -0.496 e. The predicted molar refractivity (Wildman–Crippen MR) is 312 cm³/mol. The second kappa shape index (κ2) is 30.8. The Morgan fingerprint density at radius 1 is 0.930 bits per heavy atom. The molecular weight excluding hydrogens is 1120 g/mol. The predicted octanol–water partition coefficient (Wildman–Crippen LogP) is 7.00. The average molecular weight is 1200 g/mol. The fourth-order valence-electron chi connectivity index (χ4n) is 10.4. The van der Waals surface area contributed by atoms with E-state index in [1.807, 2.05) is 32.1 Å². The maximum absolute atomic E-state index is 14.5. The first kappa shape index (κ1) is 67.7. The smallest absolute Gasteiger partial charge is 0.412 e. The Morgan fingerprint density at radius 2 is 1.65 bits per heavy atom. The van der Waals surface area contributed by atoms with Crippen LogP contribution in [0.4, 0.5) is 24.9 Å². The molecule has 2 fully saturated rings. The quantitative estimate of drug-likeness (QED) is 0.0552. The van der Waals surface area contributed by atoms with Gasteiger partial charge in [-0.3, -0.25) is 25.0 Å². The lowest BCUT2D eigenvalue weighted by atomic mass is 9.82. The fraction of sp³-hybridized carbons (Fsp3) is 0.581. The number of rotatable bonds is 19. The third-order valence-corrected chi connectivity index (χ3v) is 16.2. The molecular formula is C62H85N5O19. The van der Waals surface area contributed by atoms with Gasteiger partial charge in [0.15, 0.2) is 5.72 Å². The Kier molecular flexibility index (Phi) is 24.3. The number of ketones is 2. The van der Waals surface area contributed by atoms with Crippen molar-refractivity contribution in [2.75, 3.05) is 80.4 Å². The fourth-order valence-corrected chi connectivity index (χ4v) is 10.4. The zero-order valence-electron chi connectivity index (χ0n) is 51.4. The van der Waals surface area contributed by atoms with E-state index in [4.69, 9.17) is 47.4 Å². The number of methoxy groups -OCH3 is 2. The number of allylic oxidation sites excluding steroid dienone is 3. The number of aryl methyl sites for hydroxylation is 1. The number of alkyl carbamates (subject to hydrolysis) is 1. The van der Waals surface area contributed by atoms with Gasteiger partial charge in [0.25, 0.3) is 0 Å². The summed E-state index contributed by atoms with van der Waals surface area (Å²) in [4.78, 5) is 110. The van der Waals surface area contributed by atoms with Gasteiger partial charge in [0.1, 0.15) is 73.4 Å². The Bertz CT molecular complexity index is 2880. The molecule has 4 aliphatic rings. The van der Waals surface area contributed by atoms with Gasteiger partial charge in [-0.15, -0.1) is 0 Å². The molecule has 24 heteroatoms. The molecule has 2 aromatic rings. The molecule has 4 unspecified atom stereocenters. The first-order chi connectivity index (χ1) is 40.8. The standard InChI is InChI=1S/C62H85N5O19/c1-13-45(68)21-20-44-29-42(19-22-48(44)63-57(72)83-46-17-15-26-79-36-80-35-46)34-82-60(75)66(9)25-24-65(8)59(74)81-27-23-54(70)67(10)41(6)56(71)85-53-32-49(69)38(3)47-30-43(31-50(77-11)39(47)4)28-37(2)16-14-18-52(78-12)62(76)33-51(84-58(73)64-62)40(5)55-61(53,7)86-55/h14-19,22,29-31,38,40-41,46,51-53,55,76H,13,20-21,23-28,32-36H2,1-12H3,(H,63,72)(H,64,73)/b17-15+,18-14+,37-16+/t38?,40-,41+,46?,51+,52?,53+,55+,61+,62?/m1/s1. The van der Waals surface area contributed by atoms with Crippen molar-refractivity contribution >= 4 is 53.5 Å². The Balaban J connectivity index is 1.03. The third kappa shape index (κ3) is 18.1. The number of nitrogens with zero attached hydrogens (tertiary/aromatic N) is 3. The molecule has 0 saturated carbocycles. The summed E-state index contributed by atoms with van der Waals surface area (Å²) in [6, 6.07) is 7.74. The highest BCUT2D eigenvalue weighted by molar-refractivity contribution is 5.88. The van der Waals surface area contributed by atoms with Crippen molar-refractivity contribution in [2.45, 2.75) is 154 Å². The summed E-state index contributed by atoms with van der Waals surface area (Å²) >= 11 is 0. The van der Waals surface area contributed by atoms with Gasteiger partial charge in [-0.25, -0.2) is 24.0 Å². The highest BCUT2D eigenvalue weighted by Gasteiger charge is 2.64. The Hall–Kier alpha value is -7.38. The number of carbonyl (C=O) groups excluding carboxylic acids is 8. The number of nitrogens with one attached hydrogen (secondary N) is 2. The minimum absolute atomic E-state index is 0.0308. The van der Waals surface area contributed by atoms with Gasteiger partial charge in [0.2, 0.25) is 5.91 Å². The Morgan fingerprint density at radius 3 is 2.35 bits per heavy atom. The molecule has 2 aromatic carbocycles. The normalized spacial score (nSPS) is 26.6. The molecule has 0 spiro atoms. The number of fused-ring (bicyclic) bond motifs is 5. The number of carbonyl (C=O) groups is 8. The van der Waals surface area contributed by atoms with E-state index in [1.165, 1.54) is 45.0 Å². The van der Waals surface area contributed by atoms with Gasteiger partial charge in [0, 0.05) is 84.5 Å². The molecule has 472 valence electrons. The summed E-state index contributed by atoms with van der Waals surface area (Å²) in [6.07, 6.45) is 1.86. The number of benzene rings is 2. The highest BCUT2D eigenvalue weighted by Crippen LogP contribution is 2.49. The lowest BCUT2D eigenvalue weighted by Crippen LogP contribution is -2.63. The molecule has 0 aromatic heterocycles. The summed E-state index contributed by atoms with van der Waals surface area (Å²) in [5, 5.41) is 17.2. The van der Waals surface area contributed by atoms with Crippen molar-refractivity contribution in [1.29, 1.82) is 0 Å². The van der Waals surface area contributed by atoms with Crippen LogP contribution in [-0.2, 0) is 81.3 Å². The molecule has 24 nitrogen and oxygen atoms in total. The summed E-state index contributed by atoms with van der Waals surface area (Å²) < 4.78 is 56.7. The van der Waals surface area contributed by atoms with E-state index in [9.17, 15) is 43.5 Å². The van der Waals surface area contributed by atoms with Crippen LogP contribution in [0.5, 0.6) is 5.75 Å². The number of anilines is 1. The van der Waals surface area contributed by atoms with E-state index in [2.05, 4.69) is 10.6 Å². The molecule has 0 radical (unpaired) electrons. The molecule has 3 aliphatic heterocycles. The maximum Gasteiger partial charge on any atom is 0.412 e. The van der Waals surface area contributed by atoms with Gasteiger partial charge in [0.05, 0.1) is 32.8 Å². The number of hydrogen-bond donors (Lipinski definition) is 3. The summed E-state index contributed by atoms with van der Waals surface area (Å²) in [6.45, 7) is 12.4. The van der Waals surface area contributed by atoms with Crippen LogP contribution in [0.25, 0.3) is 0 Å². The zero-order chi connectivity index (χ0) is 63.0. The number of esters is 1. The second-order valence-electron chi connectivity index (χ2n) is 22.5. The highest BCUT2D eigenvalue weighted by atomic mass is 16.7. The second-order valence-corrected chi connectivity index (χ2v) is 22.5. The van der Waals surface area contributed by atoms with Crippen LogP contribution >= 0.6 is 0 Å². The van der Waals surface area contributed by atoms with Gasteiger partial charge < -0.3 is 67.2 Å². The largest absolute Gasteiger partial charge is 0.496 e. The van der Waals surface area contributed by atoms with Crippen molar-refractivity contribution in [3.63, 3.8) is 0 Å². The van der Waals surface area contributed by atoms with E-state index in [-0.39, 0.29) is 77.0 Å². The monoisotopic (exact) mass is 1200 g/mol. The number of amides is 5. The van der Waals surface area contributed by atoms with E-state index in [1.54, 1.807) is 77.3 Å². The van der Waals surface area contributed by atoms with Crippen molar-refractivity contribution in [3.8, 4) is 5.75 Å². The van der Waals surface area contributed by atoms with Crippen molar-refractivity contribution in [1.82, 2.24) is 20.0 Å². The molecule has 6 rings (SSSR count). The maximum atomic E-state index is 14.5. The lowest BCUT2D eigenvalue weighted by Gasteiger charge is -2.42. The number of epoxide rings is 1. The van der Waals surface area contributed by atoms with E-state index in [0.717, 1.165) is 27.2 Å². The molecule has 10 atom stereocenters. The summed E-state index contributed by atoms with van der Waals surface area (Å²) in [5.41, 5.74) is 1.80. The van der Waals surface area contributed by atoms with Gasteiger partial charge in [-0.05, 0) is 86.6 Å². The van der Waals surface area contributed by atoms with Crippen molar-refractivity contribution < 1.29 is 90.8 Å². The topological polar surface area (TPSA) is 286 Å². The molecule has 4 bridgehead atoms. The number of Topliss-reactive ketones (excluding diaryl/α,β-unsaturated/α-hetero) is 2. The molecule has 2 saturated heterocycles. The number of aliphatic hydroxyl groups is 1. The molecule has 3 heterocycles. The van der Waals surface area contributed by atoms with Gasteiger partial charge in [-0.1, -0.05) is 68.8 Å². The molecule has 3 N–H and O–H groups in total. The first-order valence-electron chi connectivity index (χ1n) is 28.9. The van der Waals surface area contributed by atoms with Gasteiger partial charge >= 0.3 is 30.3 Å². The number of ether oxygens (including phenoxy) is 10. The van der Waals surface area contributed by atoms with Crippen LogP contribution in [0.3, 0.4) is 0 Å². The van der Waals surface area contributed by atoms with Crippen LogP contribution in [0.15, 0.2) is 66.3 Å². The lowest BCUT2D eigenvalue weighted by molar-refractivity contribution is -0.162. The van der Waals surface area contributed by atoms with Crippen LogP contribution in [0.2, 0.25) is 0 Å². The summed E-state index contributed by atoms with van der Waals surface area (Å²) in [5.74, 6) is -2.33. The van der Waals surface area contributed by atoms with Gasteiger partial charge in [-0.2, -0.15) is 0 Å². The number of hydrogen-bond acceptors (Lipinski definition) is 19. The molecule has 86 heavy (non-hydrogen) atoms. The third-order valence-electron chi connectivity index (χ3n) is 16.2. The summed E-state index contributed by atoms with van der Waals surface area (Å²) in [7, 11) is 7.33. The van der Waals surface area contributed by atoms with Crippen LogP contribution in [0.1, 0.15) is 107 Å². The molecule has 1 aliphatic carbocycles. The molecule has 5 amide bonds. The van der Waals surface area contributed by atoms with Crippen LogP contribution in [-0.4, -0.2) is 191 Å². The van der Waals surface area contributed by atoms with Crippen LogP contribution < -0.4 is 15.4 Å².